The SMILES string of the molecule is Cc1cnc(-c2ccc(Cl)c(C(F)(F)F)c2Cl)nc1N. The van der Waals surface area contributed by atoms with E-state index < -0.39 is 21.8 Å². The van der Waals surface area contributed by atoms with E-state index in [1.807, 2.05) is 0 Å². The van der Waals surface area contributed by atoms with Crippen LogP contribution in [0.25, 0.3) is 11.4 Å². The first kappa shape index (κ1) is 14.9. The number of halogens is 5. The zero-order valence-electron chi connectivity index (χ0n) is 10.1. The molecule has 8 heteroatoms. The summed E-state index contributed by atoms with van der Waals surface area (Å²) < 4.78 is 38.7. The van der Waals surface area contributed by atoms with Crippen molar-refractivity contribution in [3.8, 4) is 11.4 Å². The van der Waals surface area contributed by atoms with Crippen LogP contribution in [0.1, 0.15) is 11.1 Å². The van der Waals surface area contributed by atoms with E-state index in [2.05, 4.69) is 9.97 Å². The molecular weight excluding hydrogens is 314 g/mol. The number of hydrogen-bond acceptors (Lipinski definition) is 3. The van der Waals surface area contributed by atoms with Gasteiger partial charge in [0.25, 0.3) is 0 Å². The summed E-state index contributed by atoms with van der Waals surface area (Å²) in [7, 11) is 0. The lowest BCUT2D eigenvalue weighted by Gasteiger charge is -2.14. The van der Waals surface area contributed by atoms with E-state index in [4.69, 9.17) is 28.9 Å². The van der Waals surface area contributed by atoms with Crippen molar-refractivity contribution in [1.82, 2.24) is 9.97 Å². The molecule has 0 aliphatic rings. The molecule has 0 bridgehead atoms. The molecule has 3 nitrogen and oxygen atoms in total. The van der Waals surface area contributed by atoms with Crippen LogP contribution in [-0.2, 0) is 6.18 Å². The second-order valence-corrected chi connectivity index (χ2v) is 4.83. The Morgan fingerprint density at radius 3 is 2.40 bits per heavy atom. The van der Waals surface area contributed by atoms with Gasteiger partial charge in [-0.25, -0.2) is 9.97 Å². The fourth-order valence-electron chi connectivity index (χ4n) is 1.57. The van der Waals surface area contributed by atoms with Crippen LogP contribution >= 0.6 is 23.2 Å². The average Bonchev–Trinajstić information content (AvgIpc) is 2.31. The van der Waals surface area contributed by atoms with Crippen LogP contribution in [0.2, 0.25) is 10.0 Å². The number of nitrogen functional groups attached to an aromatic ring is 1. The first-order valence-electron chi connectivity index (χ1n) is 5.36. The number of aryl methyl sites for hydroxylation is 1. The molecule has 0 spiro atoms. The first-order chi connectivity index (χ1) is 9.21. The van der Waals surface area contributed by atoms with Gasteiger partial charge in [-0.05, 0) is 19.1 Å². The highest BCUT2D eigenvalue weighted by atomic mass is 35.5. The third kappa shape index (κ3) is 2.66. The molecule has 0 saturated carbocycles. The maximum atomic E-state index is 12.9. The van der Waals surface area contributed by atoms with Crippen molar-refractivity contribution < 1.29 is 13.2 Å². The van der Waals surface area contributed by atoms with Crippen molar-refractivity contribution in [1.29, 1.82) is 0 Å². The lowest BCUT2D eigenvalue weighted by atomic mass is 10.1. The van der Waals surface area contributed by atoms with Crippen LogP contribution in [0.4, 0.5) is 19.0 Å². The Balaban J connectivity index is 2.67. The summed E-state index contributed by atoms with van der Waals surface area (Å²) in [6, 6.07) is 2.43. The smallest absolute Gasteiger partial charge is 0.383 e. The third-order valence-electron chi connectivity index (χ3n) is 2.63. The Morgan fingerprint density at radius 2 is 1.85 bits per heavy atom. The Kier molecular flexibility index (Phi) is 3.80. The van der Waals surface area contributed by atoms with Crippen molar-refractivity contribution >= 4 is 29.0 Å². The molecule has 20 heavy (non-hydrogen) atoms. The zero-order chi connectivity index (χ0) is 15.1. The van der Waals surface area contributed by atoms with Gasteiger partial charge in [0.1, 0.15) is 5.82 Å². The minimum atomic E-state index is -4.67. The highest BCUT2D eigenvalue weighted by Gasteiger charge is 2.37. The van der Waals surface area contributed by atoms with E-state index in [0.717, 1.165) is 6.07 Å². The van der Waals surface area contributed by atoms with Gasteiger partial charge in [0, 0.05) is 17.3 Å². The topological polar surface area (TPSA) is 51.8 Å². The number of rotatable bonds is 1. The zero-order valence-corrected chi connectivity index (χ0v) is 11.6. The Morgan fingerprint density at radius 1 is 1.20 bits per heavy atom. The molecule has 1 heterocycles. The van der Waals surface area contributed by atoms with E-state index in [0.29, 0.717) is 5.56 Å². The molecule has 0 atom stereocenters. The quantitative estimate of drug-likeness (QED) is 0.849. The third-order valence-corrected chi connectivity index (χ3v) is 3.33. The van der Waals surface area contributed by atoms with E-state index in [1.165, 1.54) is 12.3 Å². The molecule has 0 amide bonds. The maximum Gasteiger partial charge on any atom is 0.419 e. The summed E-state index contributed by atoms with van der Waals surface area (Å²) in [5.74, 6) is 0.190. The van der Waals surface area contributed by atoms with Crippen molar-refractivity contribution in [2.24, 2.45) is 0 Å². The van der Waals surface area contributed by atoms with E-state index in [-0.39, 0.29) is 17.2 Å². The lowest BCUT2D eigenvalue weighted by Crippen LogP contribution is -2.08. The summed E-state index contributed by atoms with van der Waals surface area (Å²) in [5, 5.41) is -1.03. The van der Waals surface area contributed by atoms with Gasteiger partial charge in [-0.3, -0.25) is 0 Å². The molecule has 106 valence electrons. The molecule has 2 N–H and O–H groups in total. The largest absolute Gasteiger partial charge is 0.419 e. The number of nitrogens with zero attached hydrogens (tertiary/aromatic N) is 2. The van der Waals surface area contributed by atoms with Gasteiger partial charge in [0.15, 0.2) is 5.82 Å². The maximum absolute atomic E-state index is 12.9. The van der Waals surface area contributed by atoms with Gasteiger partial charge in [-0.2, -0.15) is 13.2 Å². The summed E-state index contributed by atoms with van der Waals surface area (Å²) in [5.41, 5.74) is 5.15. The molecule has 0 fully saturated rings. The predicted molar refractivity (Wildman–Crippen MR) is 71.6 cm³/mol. The van der Waals surface area contributed by atoms with Crippen molar-refractivity contribution in [3.63, 3.8) is 0 Å². The molecule has 0 radical (unpaired) electrons. The molecule has 1 aromatic heterocycles. The minimum absolute atomic E-state index is 0.0141. The van der Waals surface area contributed by atoms with Crippen molar-refractivity contribution in [3.05, 3.63) is 39.5 Å². The van der Waals surface area contributed by atoms with Crippen LogP contribution in [0, 0.1) is 6.92 Å². The molecule has 0 aliphatic heterocycles. The molecule has 1 aromatic carbocycles. The first-order valence-corrected chi connectivity index (χ1v) is 6.12. The number of alkyl halides is 3. The molecule has 2 aromatic rings. The molecule has 0 unspecified atom stereocenters. The van der Waals surface area contributed by atoms with Gasteiger partial charge in [0.05, 0.1) is 15.6 Å². The fourth-order valence-corrected chi connectivity index (χ4v) is 2.24. The highest BCUT2D eigenvalue weighted by Crippen LogP contribution is 2.43. The van der Waals surface area contributed by atoms with Gasteiger partial charge in [0.2, 0.25) is 0 Å². The summed E-state index contributed by atoms with van der Waals surface area (Å²) in [4.78, 5) is 7.87. The second kappa shape index (κ2) is 5.10. The van der Waals surface area contributed by atoms with Gasteiger partial charge in [-0.1, -0.05) is 23.2 Å². The minimum Gasteiger partial charge on any atom is -0.383 e. The normalized spacial score (nSPS) is 11.7. The standard InChI is InChI=1S/C12H8Cl2F3N3/c1-5-4-19-11(20-10(5)18)6-2-3-7(13)8(9(6)14)12(15,16)17/h2-4H,1H3,(H2,18,19,20). The van der Waals surface area contributed by atoms with E-state index in [1.54, 1.807) is 6.92 Å². The Bertz CT molecular complexity index is 672. The number of benzene rings is 1. The molecule has 0 saturated heterocycles. The van der Waals surface area contributed by atoms with E-state index in [9.17, 15) is 13.2 Å². The van der Waals surface area contributed by atoms with Crippen molar-refractivity contribution in [2.75, 3.05) is 5.73 Å². The average molecular weight is 322 g/mol. The summed E-state index contributed by atoms with van der Waals surface area (Å²) in [6.07, 6.45) is -3.25. The molecule has 2 rings (SSSR count). The van der Waals surface area contributed by atoms with Gasteiger partial charge in [-0.15, -0.1) is 0 Å². The number of anilines is 1. The summed E-state index contributed by atoms with van der Waals surface area (Å²) >= 11 is 11.4. The highest BCUT2D eigenvalue weighted by molar-refractivity contribution is 6.37. The second-order valence-electron chi connectivity index (χ2n) is 4.04. The fraction of sp³-hybridized carbons (Fsp3) is 0.167. The van der Waals surface area contributed by atoms with Crippen LogP contribution in [0.3, 0.4) is 0 Å². The number of nitrogens with two attached hydrogens (primary N) is 1. The Labute approximate surface area is 122 Å². The predicted octanol–water partition coefficient (Wildman–Crippen LogP) is 4.36. The monoisotopic (exact) mass is 321 g/mol. The van der Waals surface area contributed by atoms with E-state index >= 15 is 0 Å². The van der Waals surface area contributed by atoms with Crippen LogP contribution in [-0.4, -0.2) is 9.97 Å². The van der Waals surface area contributed by atoms with Crippen LogP contribution < -0.4 is 5.73 Å². The molecule has 0 aliphatic carbocycles. The van der Waals surface area contributed by atoms with Crippen LogP contribution in [0.5, 0.6) is 0 Å². The Hall–Kier alpha value is -1.53. The van der Waals surface area contributed by atoms with Gasteiger partial charge >= 0.3 is 6.18 Å². The van der Waals surface area contributed by atoms with Crippen molar-refractivity contribution in [2.45, 2.75) is 13.1 Å². The number of hydrogen-bond donors (Lipinski definition) is 1. The van der Waals surface area contributed by atoms with Gasteiger partial charge < -0.3 is 5.73 Å². The number of aromatic nitrogens is 2. The lowest BCUT2D eigenvalue weighted by molar-refractivity contribution is -0.137. The summed E-state index contributed by atoms with van der Waals surface area (Å²) in [6.45, 7) is 1.68. The van der Waals surface area contributed by atoms with Crippen LogP contribution in [0.15, 0.2) is 18.3 Å². The molecular formula is C12H8Cl2F3N3.